The van der Waals surface area contributed by atoms with Crippen LogP contribution >= 0.6 is 15.9 Å². The summed E-state index contributed by atoms with van der Waals surface area (Å²) in [7, 11) is 1.28. The summed E-state index contributed by atoms with van der Waals surface area (Å²) in [5.41, 5.74) is -0.560. The van der Waals surface area contributed by atoms with Gasteiger partial charge >= 0.3 is 5.97 Å². The molecule has 0 unspecified atom stereocenters. The van der Waals surface area contributed by atoms with E-state index in [9.17, 15) is 9.90 Å². The fourth-order valence-electron chi connectivity index (χ4n) is 3.24. The third kappa shape index (κ3) is 2.34. The predicted octanol–water partition coefficient (Wildman–Crippen LogP) is 3.30. The van der Waals surface area contributed by atoms with E-state index in [0.29, 0.717) is 35.2 Å². The molecule has 2 aliphatic rings. The van der Waals surface area contributed by atoms with Gasteiger partial charge in [0.25, 0.3) is 11.4 Å². The molecule has 5 nitrogen and oxygen atoms in total. The van der Waals surface area contributed by atoms with Crippen molar-refractivity contribution in [3.63, 3.8) is 0 Å². The van der Waals surface area contributed by atoms with Crippen molar-refractivity contribution < 1.29 is 24.1 Å². The minimum absolute atomic E-state index is 0.0872. The van der Waals surface area contributed by atoms with Gasteiger partial charge in [-0.1, -0.05) is 20.8 Å². The molecule has 0 saturated heterocycles. The summed E-state index contributed by atoms with van der Waals surface area (Å²) in [4.78, 5) is 12.3. The topological polar surface area (TPSA) is 65.0 Å². The summed E-state index contributed by atoms with van der Waals surface area (Å²) < 4.78 is 17.5. The zero-order chi connectivity index (χ0) is 17.0. The number of hydrogen-bond donors (Lipinski definition) is 1. The Morgan fingerprint density at radius 1 is 1.30 bits per heavy atom. The Balaban J connectivity index is 2.14. The summed E-state index contributed by atoms with van der Waals surface area (Å²) in [5, 5.41) is 10.9. The van der Waals surface area contributed by atoms with Gasteiger partial charge in [0.2, 0.25) is 0 Å². The Bertz CT molecular complexity index is 666. The molecule has 0 radical (unpaired) electrons. The van der Waals surface area contributed by atoms with Crippen LogP contribution in [0.4, 0.5) is 0 Å². The fraction of sp³-hybridized carbons (Fsp3) is 0.588. The molecule has 23 heavy (non-hydrogen) atoms. The predicted molar refractivity (Wildman–Crippen MR) is 87.6 cm³/mol. The molecule has 0 bridgehead atoms. The van der Waals surface area contributed by atoms with Crippen LogP contribution in [0, 0.1) is 0 Å². The van der Waals surface area contributed by atoms with Crippen molar-refractivity contribution in [2.24, 2.45) is 0 Å². The molecule has 1 aliphatic carbocycles. The fourth-order valence-corrected chi connectivity index (χ4v) is 3.76. The quantitative estimate of drug-likeness (QED) is 0.752. The molecule has 1 N–H and O–H groups in total. The summed E-state index contributed by atoms with van der Waals surface area (Å²) in [6.07, 6.45) is 1.28. The van der Waals surface area contributed by atoms with Gasteiger partial charge in [-0.15, -0.1) is 0 Å². The lowest BCUT2D eigenvalue weighted by Gasteiger charge is -2.44. The van der Waals surface area contributed by atoms with Crippen molar-refractivity contribution in [3.05, 3.63) is 22.2 Å². The van der Waals surface area contributed by atoms with Gasteiger partial charge in [-0.3, -0.25) is 0 Å². The van der Waals surface area contributed by atoms with Crippen LogP contribution in [0.3, 0.4) is 0 Å². The largest absolute Gasteiger partial charge is 0.466 e. The Hall–Kier alpha value is -1.27. The summed E-state index contributed by atoms with van der Waals surface area (Å²) >= 11 is 3.50. The van der Waals surface area contributed by atoms with E-state index in [1.165, 1.54) is 7.11 Å². The molecule has 1 aromatic carbocycles. The molecular formula is C17H21BrO5. The minimum Gasteiger partial charge on any atom is -0.466 e. The number of benzene rings is 1. The van der Waals surface area contributed by atoms with E-state index in [1.54, 1.807) is 0 Å². The first-order valence-electron chi connectivity index (χ1n) is 7.66. The second-order valence-corrected chi connectivity index (χ2v) is 8.05. The van der Waals surface area contributed by atoms with E-state index in [0.717, 1.165) is 5.56 Å². The van der Waals surface area contributed by atoms with E-state index >= 15 is 0 Å². The number of carbonyl (C=O) groups is 1. The van der Waals surface area contributed by atoms with Crippen molar-refractivity contribution >= 4 is 21.9 Å². The second kappa shape index (κ2) is 5.11. The van der Waals surface area contributed by atoms with Crippen molar-refractivity contribution in [2.75, 3.05) is 7.11 Å². The molecular weight excluding hydrogens is 364 g/mol. The second-order valence-electron chi connectivity index (χ2n) is 7.20. The lowest BCUT2D eigenvalue weighted by Crippen LogP contribution is -2.64. The first-order chi connectivity index (χ1) is 10.6. The van der Waals surface area contributed by atoms with Gasteiger partial charge in [-0.25, -0.2) is 4.79 Å². The van der Waals surface area contributed by atoms with Crippen LogP contribution in [0.25, 0.3) is 0 Å². The van der Waals surface area contributed by atoms with Crippen LogP contribution < -0.4 is 9.47 Å². The molecule has 126 valence electrons. The van der Waals surface area contributed by atoms with E-state index in [2.05, 4.69) is 36.7 Å². The first kappa shape index (κ1) is 16.6. The first-order valence-corrected chi connectivity index (χ1v) is 8.45. The van der Waals surface area contributed by atoms with Crippen LogP contribution in [-0.2, 0) is 14.9 Å². The Morgan fingerprint density at radius 2 is 2.00 bits per heavy atom. The van der Waals surface area contributed by atoms with Gasteiger partial charge < -0.3 is 19.3 Å². The van der Waals surface area contributed by atoms with Crippen LogP contribution in [-0.4, -0.2) is 29.6 Å². The molecule has 1 aromatic rings. The number of rotatable bonds is 1. The molecule has 1 heterocycles. The summed E-state index contributed by atoms with van der Waals surface area (Å²) in [6.45, 7) is 6.27. The smallest absolute Gasteiger partial charge is 0.357 e. The number of methoxy groups -OCH3 is 1. The van der Waals surface area contributed by atoms with Gasteiger partial charge in [0.05, 0.1) is 11.6 Å². The van der Waals surface area contributed by atoms with Crippen molar-refractivity contribution in [3.8, 4) is 11.5 Å². The maximum atomic E-state index is 12.3. The summed E-state index contributed by atoms with van der Waals surface area (Å²) in [6, 6.07) is 3.81. The van der Waals surface area contributed by atoms with Crippen LogP contribution in [0.1, 0.15) is 45.6 Å². The summed E-state index contributed by atoms with van der Waals surface area (Å²) in [5.74, 6) is -1.46. The Kier molecular flexibility index (Phi) is 3.69. The SMILES string of the molecule is COC(=O)[C@@]12CCC[C@]1(O)Oc1cc(C(C)(C)C)cc(Br)c1O2. The van der Waals surface area contributed by atoms with Gasteiger partial charge in [-0.2, -0.15) is 0 Å². The number of carbonyl (C=O) groups excluding carboxylic acids is 1. The molecule has 1 saturated carbocycles. The van der Waals surface area contributed by atoms with E-state index in [1.807, 2.05) is 12.1 Å². The molecule has 0 amide bonds. The van der Waals surface area contributed by atoms with Crippen LogP contribution in [0.5, 0.6) is 11.5 Å². The third-order valence-electron chi connectivity index (χ3n) is 4.62. The van der Waals surface area contributed by atoms with Crippen LogP contribution in [0.2, 0.25) is 0 Å². The molecule has 3 rings (SSSR count). The number of fused-ring (bicyclic) bond motifs is 2. The number of aliphatic hydroxyl groups is 1. The van der Waals surface area contributed by atoms with Gasteiger partial charge in [-0.05, 0) is 45.5 Å². The average molecular weight is 385 g/mol. The minimum atomic E-state index is -1.71. The van der Waals surface area contributed by atoms with Crippen molar-refractivity contribution in [1.82, 2.24) is 0 Å². The van der Waals surface area contributed by atoms with E-state index < -0.39 is 17.4 Å². The normalized spacial score (nSPS) is 29.1. The van der Waals surface area contributed by atoms with Gasteiger partial charge in [0.15, 0.2) is 11.5 Å². The molecule has 0 aromatic heterocycles. The zero-order valence-corrected chi connectivity index (χ0v) is 15.3. The number of halogens is 1. The number of ether oxygens (including phenoxy) is 3. The average Bonchev–Trinajstić information content (AvgIpc) is 2.80. The standard InChI is InChI=1S/C17H21BrO5/c1-15(2,3)10-8-11(18)13-12(9-10)22-17(20)7-5-6-16(17,23-13)14(19)21-4/h8-9,20H,5-7H2,1-4H3/t16-,17-/m0/s1. The number of hydrogen-bond acceptors (Lipinski definition) is 5. The molecule has 1 aliphatic heterocycles. The highest BCUT2D eigenvalue weighted by Crippen LogP contribution is 2.54. The van der Waals surface area contributed by atoms with Gasteiger partial charge in [0.1, 0.15) is 0 Å². The lowest BCUT2D eigenvalue weighted by atomic mass is 9.86. The van der Waals surface area contributed by atoms with E-state index in [4.69, 9.17) is 14.2 Å². The highest BCUT2D eigenvalue weighted by Gasteiger charge is 2.67. The monoisotopic (exact) mass is 384 g/mol. The highest BCUT2D eigenvalue weighted by molar-refractivity contribution is 9.10. The Labute approximate surface area is 144 Å². The maximum Gasteiger partial charge on any atom is 0.357 e. The van der Waals surface area contributed by atoms with E-state index in [-0.39, 0.29) is 5.41 Å². The van der Waals surface area contributed by atoms with Crippen LogP contribution in [0.15, 0.2) is 16.6 Å². The molecule has 1 fully saturated rings. The lowest BCUT2D eigenvalue weighted by molar-refractivity contribution is -0.249. The van der Waals surface area contributed by atoms with Crippen molar-refractivity contribution in [1.29, 1.82) is 0 Å². The van der Waals surface area contributed by atoms with Gasteiger partial charge in [0, 0.05) is 12.8 Å². The zero-order valence-electron chi connectivity index (χ0n) is 13.7. The molecule has 0 spiro atoms. The Morgan fingerprint density at radius 3 is 2.61 bits per heavy atom. The number of esters is 1. The maximum absolute atomic E-state index is 12.3. The molecule has 6 heteroatoms. The third-order valence-corrected chi connectivity index (χ3v) is 5.21. The van der Waals surface area contributed by atoms with Crippen molar-refractivity contribution in [2.45, 2.75) is 56.8 Å². The highest BCUT2D eigenvalue weighted by atomic mass is 79.9. The molecule has 2 atom stereocenters.